The van der Waals surface area contributed by atoms with E-state index in [4.69, 9.17) is 0 Å². The molecule has 38 valence electrons. The standard InChI is InChI=1S/C4H10S2/c1-3-4(5)6-2/h4-5H,3H2,1-2H3. The summed E-state index contributed by atoms with van der Waals surface area (Å²) < 4.78 is 0.546. The van der Waals surface area contributed by atoms with E-state index < -0.39 is 0 Å². The molecule has 0 aliphatic rings. The van der Waals surface area contributed by atoms with Gasteiger partial charge < -0.3 is 0 Å². The molecule has 0 bridgehead atoms. The molecular formula is C4H10S2. The van der Waals surface area contributed by atoms with Crippen molar-refractivity contribution in [3.63, 3.8) is 0 Å². The lowest BCUT2D eigenvalue weighted by atomic mass is 10.6. The summed E-state index contributed by atoms with van der Waals surface area (Å²) in [5.41, 5.74) is 0. The molecule has 1 atom stereocenters. The fourth-order valence-electron chi connectivity index (χ4n) is 0.167. The highest BCUT2D eigenvalue weighted by molar-refractivity contribution is 8.09. The van der Waals surface area contributed by atoms with Crippen LogP contribution in [0.4, 0.5) is 0 Å². The van der Waals surface area contributed by atoms with E-state index in [-0.39, 0.29) is 0 Å². The third kappa shape index (κ3) is 2.91. The van der Waals surface area contributed by atoms with Gasteiger partial charge in [-0.05, 0) is 12.7 Å². The maximum Gasteiger partial charge on any atom is 0.0467 e. The second-order valence-corrected chi connectivity index (χ2v) is 3.11. The van der Waals surface area contributed by atoms with Crippen molar-refractivity contribution in [2.24, 2.45) is 0 Å². The van der Waals surface area contributed by atoms with Crippen LogP contribution in [0.25, 0.3) is 0 Å². The maximum absolute atomic E-state index is 4.19. The average Bonchev–Trinajstić information content (AvgIpc) is 1.65. The van der Waals surface area contributed by atoms with Gasteiger partial charge in [-0.3, -0.25) is 0 Å². The molecule has 0 nitrogen and oxygen atoms in total. The van der Waals surface area contributed by atoms with Crippen LogP contribution in [0.3, 0.4) is 0 Å². The molecule has 0 aliphatic heterocycles. The molecule has 0 rings (SSSR count). The molecule has 0 saturated heterocycles. The lowest BCUT2D eigenvalue weighted by Gasteiger charge is -1.97. The third-order valence-corrected chi connectivity index (χ3v) is 2.50. The van der Waals surface area contributed by atoms with Gasteiger partial charge in [0.1, 0.15) is 0 Å². The average molecular weight is 122 g/mol. The van der Waals surface area contributed by atoms with Gasteiger partial charge in [-0.1, -0.05) is 6.92 Å². The smallest absolute Gasteiger partial charge is 0.0467 e. The van der Waals surface area contributed by atoms with Crippen molar-refractivity contribution in [3.05, 3.63) is 0 Å². The van der Waals surface area contributed by atoms with E-state index in [2.05, 4.69) is 25.8 Å². The topological polar surface area (TPSA) is 0 Å². The summed E-state index contributed by atoms with van der Waals surface area (Å²) in [5.74, 6) is 0. The SMILES string of the molecule is CCC(S)SC. The van der Waals surface area contributed by atoms with Crippen LogP contribution in [-0.4, -0.2) is 10.8 Å². The Hall–Kier alpha value is 0.700. The molecule has 0 aromatic rings. The van der Waals surface area contributed by atoms with E-state index in [0.29, 0.717) is 4.58 Å². The zero-order valence-electron chi connectivity index (χ0n) is 4.14. The highest BCUT2D eigenvalue weighted by atomic mass is 32.2. The molecule has 6 heavy (non-hydrogen) atoms. The van der Waals surface area contributed by atoms with Crippen molar-refractivity contribution < 1.29 is 0 Å². The monoisotopic (exact) mass is 122 g/mol. The summed E-state index contributed by atoms with van der Waals surface area (Å²) in [6.45, 7) is 2.13. The Bertz CT molecular complexity index is 24.7. The zero-order valence-corrected chi connectivity index (χ0v) is 5.85. The first-order chi connectivity index (χ1) is 2.81. The van der Waals surface area contributed by atoms with E-state index in [1.807, 2.05) is 0 Å². The maximum atomic E-state index is 4.19. The van der Waals surface area contributed by atoms with Crippen molar-refractivity contribution in [3.8, 4) is 0 Å². The van der Waals surface area contributed by atoms with Gasteiger partial charge in [0.2, 0.25) is 0 Å². The molecule has 0 N–H and O–H groups in total. The number of hydrogen-bond donors (Lipinski definition) is 1. The van der Waals surface area contributed by atoms with Gasteiger partial charge in [-0.15, -0.1) is 0 Å². The van der Waals surface area contributed by atoms with Crippen LogP contribution < -0.4 is 0 Å². The summed E-state index contributed by atoms with van der Waals surface area (Å²) >= 11 is 5.98. The minimum Gasteiger partial charge on any atom is -0.165 e. The van der Waals surface area contributed by atoms with E-state index in [1.165, 1.54) is 0 Å². The molecule has 0 spiro atoms. The Labute approximate surface area is 49.1 Å². The van der Waals surface area contributed by atoms with E-state index in [9.17, 15) is 0 Å². The van der Waals surface area contributed by atoms with Gasteiger partial charge >= 0.3 is 0 Å². The van der Waals surface area contributed by atoms with Crippen molar-refractivity contribution in [1.29, 1.82) is 0 Å². The summed E-state index contributed by atoms with van der Waals surface area (Å²) in [6, 6.07) is 0. The van der Waals surface area contributed by atoms with Crippen LogP contribution in [0, 0.1) is 0 Å². The fraction of sp³-hybridized carbons (Fsp3) is 1.00. The number of thioether (sulfide) groups is 1. The Morgan fingerprint density at radius 1 is 1.83 bits per heavy atom. The molecule has 0 radical (unpaired) electrons. The normalized spacial score (nSPS) is 14.5. The quantitative estimate of drug-likeness (QED) is 0.432. The predicted octanol–water partition coefficient (Wildman–Crippen LogP) is 2.02. The first kappa shape index (κ1) is 6.70. The number of thiol groups is 1. The van der Waals surface area contributed by atoms with Crippen LogP contribution in [0.15, 0.2) is 0 Å². The molecule has 0 aliphatic carbocycles. The molecule has 0 saturated carbocycles. The largest absolute Gasteiger partial charge is 0.165 e. The number of hydrogen-bond acceptors (Lipinski definition) is 2. The summed E-state index contributed by atoms with van der Waals surface area (Å²) in [6.07, 6.45) is 3.23. The summed E-state index contributed by atoms with van der Waals surface area (Å²) in [4.78, 5) is 0. The lowest BCUT2D eigenvalue weighted by molar-refractivity contribution is 1.06. The first-order valence-electron chi connectivity index (χ1n) is 2.02. The zero-order chi connectivity index (χ0) is 4.99. The molecular weight excluding hydrogens is 112 g/mol. The predicted molar refractivity (Wildman–Crippen MR) is 36.6 cm³/mol. The van der Waals surface area contributed by atoms with E-state index in [0.717, 1.165) is 6.42 Å². The van der Waals surface area contributed by atoms with Crippen LogP contribution in [0.2, 0.25) is 0 Å². The van der Waals surface area contributed by atoms with Gasteiger partial charge in [0.15, 0.2) is 0 Å². The van der Waals surface area contributed by atoms with Gasteiger partial charge in [0.25, 0.3) is 0 Å². The Balaban J connectivity index is 2.75. The second kappa shape index (κ2) is 3.88. The molecule has 0 amide bonds. The summed E-state index contributed by atoms with van der Waals surface area (Å²) in [7, 11) is 0. The molecule has 0 aromatic heterocycles. The number of rotatable bonds is 2. The van der Waals surface area contributed by atoms with Gasteiger partial charge in [0, 0.05) is 4.58 Å². The molecule has 1 unspecified atom stereocenters. The fourth-order valence-corrected chi connectivity index (χ4v) is 0.500. The molecule has 0 heterocycles. The van der Waals surface area contributed by atoms with E-state index in [1.54, 1.807) is 11.8 Å². The highest BCUT2D eigenvalue weighted by Gasteiger charge is 1.90. The van der Waals surface area contributed by atoms with Crippen molar-refractivity contribution in [1.82, 2.24) is 0 Å². The lowest BCUT2D eigenvalue weighted by Crippen LogP contribution is -1.83. The minimum atomic E-state index is 0.546. The highest BCUT2D eigenvalue weighted by Crippen LogP contribution is 2.12. The summed E-state index contributed by atoms with van der Waals surface area (Å²) in [5, 5.41) is 0. The molecule has 2 heteroatoms. The minimum absolute atomic E-state index is 0.546. The van der Waals surface area contributed by atoms with Crippen LogP contribution in [0.5, 0.6) is 0 Å². The van der Waals surface area contributed by atoms with Crippen molar-refractivity contribution >= 4 is 24.4 Å². The first-order valence-corrected chi connectivity index (χ1v) is 3.82. The van der Waals surface area contributed by atoms with Gasteiger partial charge in [0.05, 0.1) is 0 Å². The van der Waals surface area contributed by atoms with Crippen LogP contribution in [0.1, 0.15) is 13.3 Å². The Kier molecular flexibility index (Phi) is 4.33. The third-order valence-electron chi connectivity index (χ3n) is 0.621. The van der Waals surface area contributed by atoms with Gasteiger partial charge in [-0.2, -0.15) is 24.4 Å². The Morgan fingerprint density at radius 2 is 2.33 bits per heavy atom. The van der Waals surface area contributed by atoms with Crippen LogP contribution in [-0.2, 0) is 0 Å². The van der Waals surface area contributed by atoms with E-state index >= 15 is 0 Å². The van der Waals surface area contributed by atoms with Crippen molar-refractivity contribution in [2.75, 3.05) is 6.26 Å². The van der Waals surface area contributed by atoms with Crippen LogP contribution >= 0.6 is 24.4 Å². The second-order valence-electron chi connectivity index (χ2n) is 1.10. The molecule has 0 aromatic carbocycles. The van der Waals surface area contributed by atoms with Crippen molar-refractivity contribution in [2.45, 2.75) is 17.9 Å². The molecule has 0 fully saturated rings. The van der Waals surface area contributed by atoms with Gasteiger partial charge in [-0.25, -0.2) is 0 Å². The Morgan fingerprint density at radius 3 is 2.33 bits per heavy atom.